The Balaban J connectivity index is 2.37. The topological polar surface area (TPSA) is 39.9 Å². The largest absolute Gasteiger partial charge is 0.300 e. The van der Waals surface area contributed by atoms with Crippen molar-refractivity contribution in [2.75, 3.05) is 13.6 Å². The van der Waals surface area contributed by atoms with E-state index in [9.17, 15) is 0 Å². The van der Waals surface area contributed by atoms with Gasteiger partial charge in [0.25, 0.3) is 0 Å². The Bertz CT molecular complexity index is 376. The molecule has 0 unspecified atom stereocenters. The summed E-state index contributed by atoms with van der Waals surface area (Å²) in [5.41, 5.74) is 0.895. The molecule has 0 aliphatic heterocycles. The smallest absolute Gasteiger partial charge is 0.0897 e. The van der Waals surface area contributed by atoms with Crippen molar-refractivity contribution in [1.29, 1.82) is 5.26 Å². The summed E-state index contributed by atoms with van der Waals surface area (Å²) in [6, 6.07) is 2.32. The van der Waals surface area contributed by atoms with Crippen LogP contribution in [0.2, 0.25) is 0 Å². The minimum absolute atomic E-state index is 0.230. The minimum Gasteiger partial charge on any atom is -0.300 e. The van der Waals surface area contributed by atoms with Gasteiger partial charge in [-0.05, 0) is 40.8 Å². The van der Waals surface area contributed by atoms with Gasteiger partial charge in [-0.1, -0.05) is 0 Å². The van der Waals surface area contributed by atoms with Crippen LogP contribution in [-0.4, -0.2) is 23.5 Å². The highest BCUT2D eigenvalue weighted by molar-refractivity contribution is 7.09. The fraction of sp³-hybridized carbons (Fsp3) is 0.667. The third kappa shape index (κ3) is 4.30. The van der Waals surface area contributed by atoms with E-state index in [2.05, 4.69) is 28.4 Å². The van der Waals surface area contributed by atoms with Crippen molar-refractivity contribution in [1.82, 2.24) is 9.88 Å². The summed E-state index contributed by atoms with van der Waals surface area (Å²) in [6.07, 6.45) is 0.892. The summed E-state index contributed by atoms with van der Waals surface area (Å²) in [4.78, 5) is 6.64. The second-order valence-electron chi connectivity index (χ2n) is 4.84. The Labute approximate surface area is 102 Å². The van der Waals surface area contributed by atoms with Crippen molar-refractivity contribution in [3.05, 3.63) is 16.1 Å². The average Bonchev–Trinajstić information content (AvgIpc) is 2.61. The van der Waals surface area contributed by atoms with E-state index in [0.717, 1.165) is 30.2 Å². The molecule has 1 rings (SSSR count). The quantitative estimate of drug-likeness (QED) is 0.790. The number of rotatable bonds is 5. The van der Waals surface area contributed by atoms with Crippen molar-refractivity contribution in [3.8, 4) is 6.07 Å². The van der Waals surface area contributed by atoms with Crippen LogP contribution in [0.1, 0.15) is 31.0 Å². The summed E-state index contributed by atoms with van der Waals surface area (Å²) in [5.74, 6) is 0. The van der Waals surface area contributed by atoms with Crippen molar-refractivity contribution >= 4 is 11.3 Å². The molecule has 16 heavy (non-hydrogen) atoms. The van der Waals surface area contributed by atoms with Crippen LogP contribution in [0.4, 0.5) is 0 Å². The first kappa shape index (κ1) is 13.1. The van der Waals surface area contributed by atoms with Crippen LogP contribution in [0, 0.1) is 23.7 Å². The monoisotopic (exact) mass is 237 g/mol. The molecule has 0 atom stereocenters. The van der Waals surface area contributed by atoms with Crippen molar-refractivity contribution in [3.63, 3.8) is 0 Å². The zero-order valence-corrected chi connectivity index (χ0v) is 11.3. The molecule has 0 bridgehead atoms. The molecule has 3 nitrogen and oxygen atoms in total. The zero-order chi connectivity index (χ0) is 12.2. The minimum atomic E-state index is -0.230. The average molecular weight is 237 g/mol. The van der Waals surface area contributed by atoms with Gasteiger partial charge in [0.05, 0.1) is 22.2 Å². The van der Waals surface area contributed by atoms with Crippen LogP contribution in [0.5, 0.6) is 0 Å². The van der Waals surface area contributed by atoms with Crippen LogP contribution in [0.3, 0.4) is 0 Å². The molecule has 0 amide bonds. The lowest BCUT2D eigenvalue weighted by molar-refractivity contribution is 0.278. The van der Waals surface area contributed by atoms with Gasteiger partial charge in [0.2, 0.25) is 0 Å². The maximum Gasteiger partial charge on any atom is 0.0897 e. The molecule has 0 aliphatic carbocycles. The Morgan fingerprint density at radius 2 is 2.25 bits per heavy atom. The molecule has 1 aromatic rings. The van der Waals surface area contributed by atoms with Gasteiger partial charge < -0.3 is 4.90 Å². The normalized spacial score (nSPS) is 11.8. The Morgan fingerprint density at radius 3 is 2.75 bits per heavy atom. The molecule has 1 aromatic heterocycles. The lowest BCUT2D eigenvalue weighted by atomic mass is 9.91. The SMILES string of the molecule is Cc1nc(CN(C)CCC(C)(C)C#N)cs1. The van der Waals surface area contributed by atoms with Crippen LogP contribution in [-0.2, 0) is 6.54 Å². The van der Waals surface area contributed by atoms with Crippen molar-refractivity contribution in [2.24, 2.45) is 5.41 Å². The maximum absolute atomic E-state index is 8.92. The highest BCUT2D eigenvalue weighted by atomic mass is 32.1. The fourth-order valence-corrected chi connectivity index (χ4v) is 1.97. The number of aryl methyl sites for hydroxylation is 1. The summed E-state index contributed by atoms with van der Waals surface area (Å²) in [7, 11) is 2.07. The fourth-order valence-electron chi connectivity index (χ4n) is 1.36. The number of nitrogens with zero attached hydrogens (tertiary/aromatic N) is 3. The molecule has 0 saturated heterocycles. The van der Waals surface area contributed by atoms with Crippen LogP contribution >= 0.6 is 11.3 Å². The molecular formula is C12H19N3S. The van der Waals surface area contributed by atoms with Gasteiger partial charge in [0, 0.05) is 11.9 Å². The molecule has 1 heterocycles. The molecule has 4 heteroatoms. The summed E-state index contributed by atoms with van der Waals surface area (Å²) < 4.78 is 0. The standard InChI is InChI=1S/C12H19N3S/c1-10-14-11(8-16-10)7-15(4)6-5-12(2,3)9-13/h8H,5-7H2,1-4H3. The first-order valence-electron chi connectivity index (χ1n) is 5.44. The van der Waals surface area contributed by atoms with Gasteiger partial charge in [-0.25, -0.2) is 4.98 Å². The molecule has 0 fully saturated rings. The molecule has 0 radical (unpaired) electrons. The number of aromatic nitrogens is 1. The highest BCUT2D eigenvalue weighted by Gasteiger charge is 2.17. The maximum atomic E-state index is 8.92. The predicted molar refractivity (Wildman–Crippen MR) is 67.2 cm³/mol. The van der Waals surface area contributed by atoms with Gasteiger partial charge >= 0.3 is 0 Å². The molecular weight excluding hydrogens is 218 g/mol. The number of thiazole rings is 1. The van der Waals surface area contributed by atoms with E-state index in [1.54, 1.807) is 11.3 Å². The third-order valence-electron chi connectivity index (χ3n) is 2.52. The van der Waals surface area contributed by atoms with Gasteiger partial charge in [-0.2, -0.15) is 5.26 Å². The van der Waals surface area contributed by atoms with E-state index < -0.39 is 0 Å². The number of hydrogen-bond donors (Lipinski definition) is 0. The number of hydrogen-bond acceptors (Lipinski definition) is 4. The lowest BCUT2D eigenvalue weighted by Crippen LogP contribution is -2.24. The Hall–Kier alpha value is -0.920. The van der Waals surface area contributed by atoms with E-state index in [1.807, 2.05) is 20.8 Å². The van der Waals surface area contributed by atoms with E-state index >= 15 is 0 Å². The molecule has 0 N–H and O–H groups in total. The lowest BCUT2D eigenvalue weighted by Gasteiger charge is -2.20. The summed E-state index contributed by atoms with van der Waals surface area (Å²) >= 11 is 1.68. The van der Waals surface area contributed by atoms with Crippen molar-refractivity contribution in [2.45, 2.75) is 33.7 Å². The van der Waals surface area contributed by atoms with E-state index in [4.69, 9.17) is 5.26 Å². The van der Waals surface area contributed by atoms with E-state index in [0.29, 0.717) is 0 Å². The molecule has 0 saturated carbocycles. The third-order valence-corrected chi connectivity index (χ3v) is 3.34. The second-order valence-corrected chi connectivity index (χ2v) is 5.90. The molecule has 0 spiro atoms. The summed E-state index contributed by atoms with van der Waals surface area (Å²) in [5, 5.41) is 12.1. The first-order chi connectivity index (χ1) is 7.43. The van der Waals surface area contributed by atoms with E-state index in [-0.39, 0.29) is 5.41 Å². The highest BCUT2D eigenvalue weighted by Crippen LogP contribution is 2.19. The van der Waals surface area contributed by atoms with Gasteiger partial charge in [0.1, 0.15) is 0 Å². The number of nitriles is 1. The predicted octanol–water partition coefficient (Wildman–Crippen LogP) is 2.82. The van der Waals surface area contributed by atoms with Crippen molar-refractivity contribution < 1.29 is 0 Å². The Kier molecular flexibility index (Phi) is 4.45. The molecule has 0 aromatic carbocycles. The zero-order valence-electron chi connectivity index (χ0n) is 10.4. The Morgan fingerprint density at radius 1 is 1.56 bits per heavy atom. The van der Waals surface area contributed by atoms with Gasteiger partial charge in [0.15, 0.2) is 0 Å². The van der Waals surface area contributed by atoms with E-state index in [1.165, 1.54) is 0 Å². The van der Waals surface area contributed by atoms with Crippen LogP contribution in [0.25, 0.3) is 0 Å². The van der Waals surface area contributed by atoms with Crippen LogP contribution < -0.4 is 0 Å². The van der Waals surface area contributed by atoms with Gasteiger partial charge in [-0.15, -0.1) is 11.3 Å². The van der Waals surface area contributed by atoms with Crippen LogP contribution in [0.15, 0.2) is 5.38 Å². The van der Waals surface area contributed by atoms with Gasteiger partial charge in [-0.3, -0.25) is 0 Å². The summed E-state index contributed by atoms with van der Waals surface area (Å²) in [6.45, 7) is 7.78. The second kappa shape index (κ2) is 5.42. The molecule has 88 valence electrons. The molecule has 0 aliphatic rings. The first-order valence-corrected chi connectivity index (χ1v) is 6.32.